The Bertz CT molecular complexity index is 745. The second kappa shape index (κ2) is 6.05. The molecule has 7 heteroatoms. The average molecular weight is 347 g/mol. The first-order chi connectivity index (χ1) is 11.3. The summed E-state index contributed by atoms with van der Waals surface area (Å²) in [6, 6.07) is 1.48. The second-order valence-electron chi connectivity index (χ2n) is 7.14. The summed E-state index contributed by atoms with van der Waals surface area (Å²) in [5, 5.41) is 17.9. The van der Waals surface area contributed by atoms with Crippen LogP contribution in [0.15, 0.2) is 29.2 Å². The Morgan fingerprint density at radius 3 is 2.75 bits per heavy atom. The minimum Gasteiger partial charge on any atom is -0.481 e. The van der Waals surface area contributed by atoms with Gasteiger partial charge in [-0.05, 0) is 43.2 Å². The van der Waals surface area contributed by atoms with E-state index in [1.807, 2.05) is 48.5 Å². The van der Waals surface area contributed by atoms with Gasteiger partial charge in [-0.25, -0.2) is 0 Å². The summed E-state index contributed by atoms with van der Waals surface area (Å²) >= 11 is 1.57. The van der Waals surface area contributed by atoms with Gasteiger partial charge in [-0.15, -0.1) is 0 Å². The summed E-state index contributed by atoms with van der Waals surface area (Å²) in [6.45, 7) is 6.52. The average Bonchev–Trinajstić information content (AvgIpc) is 3.19. The zero-order chi connectivity index (χ0) is 17.5. The van der Waals surface area contributed by atoms with E-state index in [0.717, 1.165) is 11.1 Å². The van der Waals surface area contributed by atoms with E-state index in [2.05, 4.69) is 5.10 Å². The van der Waals surface area contributed by atoms with E-state index >= 15 is 0 Å². The van der Waals surface area contributed by atoms with Gasteiger partial charge in [-0.2, -0.15) is 16.4 Å². The molecule has 0 spiro atoms. The van der Waals surface area contributed by atoms with Crippen molar-refractivity contribution >= 4 is 23.2 Å². The smallest absolute Gasteiger partial charge is 0.309 e. The van der Waals surface area contributed by atoms with Crippen molar-refractivity contribution in [1.29, 1.82) is 0 Å². The fourth-order valence-corrected chi connectivity index (χ4v) is 3.71. The number of carbonyl (C=O) groups is 2. The van der Waals surface area contributed by atoms with E-state index in [9.17, 15) is 14.7 Å². The van der Waals surface area contributed by atoms with E-state index in [1.165, 1.54) is 0 Å². The van der Waals surface area contributed by atoms with Crippen LogP contribution in [0.1, 0.15) is 44.4 Å². The molecule has 1 saturated heterocycles. The molecule has 128 valence electrons. The topological polar surface area (TPSA) is 75.4 Å². The van der Waals surface area contributed by atoms with Crippen LogP contribution in [0.25, 0.3) is 0 Å². The van der Waals surface area contributed by atoms with Crippen LogP contribution >= 0.6 is 11.3 Å². The lowest BCUT2D eigenvalue weighted by molar-refractivity contribution is -0.142. The highest BCUT2D eigenvalue weighted by Gasteiger charge is 2.45. The van der Waals surface area contributed by atoms with Crippen molar-refractivity contribution in [2.24, 2.45) is 5.92 Å². The highest BCUT2D eigenvalue weighted by molar-refractivity contribution is 7.07. The molecular weight excluding hydrogens is 326 g/mol. The predicted octanol–water partition coefficient (Wildman–Crippen LogP) is 2.87. The molecule has 0 unspecified atom stereocenters. The molecule has 1 N–H and O–H groups in total. The van der Waals surface area contributed by atoms with Gasteiger partial charge in [-0.3, -0.25) is 14.3 Å². The maximum absolute atomic E-state index is 12.4. The largest absolute Gasteiger partial charge is 0.481 e. The standard InChI is InChI=1S/C17H21N3O3S/c1-17(2,3)20-9-12(7-18-20)15-13(16(22)23)6-14(21)19(15)8-11-4-5-24-10-11/h4-5,7,9-10,13,15H,6,8H2,1-3H3,(H,22,23)/t13-,15+/m1/s1. The van der Waals surface area contributed by atoms with Gasteiger partial charge in [-0.1, -0.05) is 0 Å². The van der Waals surface area contributed by atoms with E-state index in [0.29, 0.717) is 6.54 Å². The number of carbonyl (C=O) groups excluding carboxylic acids is 1. The number of hydrogen-bond donors (Lipinski definition) is 1. The Balaban J connectivity index is 1.96. The van der Waals surface area contributed by atoms with Gasteiger partial charge >= 0.3 is 5.97 Å². The van der Waals surface area contributed by atoms with Gasteiger partial charge in [0, 0.05) is 24.7 Å². The number of aromatic nitrogens is 2. The number of likely N-dealkylation sites (tertiary alicyclic amines) is 1. The minimum atomic E-state index is -0.940. The van der Waals surface area contributed by atoms with Gasteiger partial charge in [0.15, 0.2) is 0 Å². The Kier molecular flexibility index (Phi) is 4.21. The first-order valence-corrected chi connectivity index (χ1v) is 8.80. The molecule has 1 aliphatic heterocycles. The van der Waals surface area contributed by atoms with Gasteiger partial charge in [0.05, 0.1) is 23.7 Å². The van der Waals surface area contributed by atoms with Crippen molar-refractivity contribution in [3.8, 4) is 0 Å². The Morgan fingerprint density at radius 2 is 2.21 bits per heavy atom. The maximum atomic E-state index is 12.4. The van der Waals surface area contributed by atoms with Crippen LogP contribution in [0.4, 0.5) is 0 Å². The Labute approximate surface area is 144 Å². The van der Waals surface area contributed by atoms with Crippen LogP contribution in [0.5, 0.6) is 0 Å². The molecule has 0 radical (unpaired) electrons. The number of carboxylic acid groups (broad SMARTS) is 1. The van der Waals surface area contributed by atoms with E-state index < -0.39 is 17.9 Å². The van der Waals surface area contributed by atoms with E-state index in [1.54, 1.807) is 22.4 Å². The fourth-order valence-electron chi connectivity index (χ4n) is 3.05. The predicted molar refractivity (Wildman–Crippen MR) is 90.6 cm³/mol. The fraction of sp³-hybridized carbons (Fsp3) is 0.471. The van der Waals surface area contributed by atoms with Crippen LogP contribution in [-0.2, 0) is 21.7 Å². The second-order valence-corrected chi connectivity index (χ2v) is 7.92. The molecule has 0 aliphatic carbocycles. The van der Waals surface area contributed by atoms with E-state index in [-0.39, 0.29) is 17.9 Å². The first kappa shape index (κ1) is 16.7. The summed E-state index contributed by atoms with van der Waals surface area (Å²) in [7, 11) is 0. The number of thiophene rings is 1. The highest BCUT2D eigenvalue weighted by Crippen LogP contribution is 2.39. The van der Waals surface area contributed by atoms with Crippen molar-refractivity contribution in [2.45, 2.75) is 45.3 Å². The van der Waals surface area contributed by atoms with Gasteiger partial charge < -0.3 is 10.0 Å². The van der Waals surface area contributed by atoms with Crippen molar-refractivity contribution < 1.29 is 14.7 Å². The molecule has 24 heavy (non-hydrogen) atoms. The lowest BCUT2D eigenvalue weighted by Gasteiger charge is -2.26. The maximum Gasteiger partial charge on any atom is 0.309 e. The molecule has 0 aromatic carbocycles. The van der Waals surface area contributed by atoms with Crippen LogP contribution in [0.2, 0.25) is 0 Å². The van der Waals surface area contributed by atoms with Crippen LogP contribution < -0.4 is 0 Å². The molecule has 2 aromatic heterocycles. The van der Waals surface area contributed by atoms with Crippen molar-refractivity contribution in [3.05, 3.63) is 40.3 Å². The lowest BCUT2D eigenvalue weighted by atomic mass is 9.95. The third-order valence-corrected chi connectivity index (χ3v) is 5.05. The molecule has 1 amide bonds. The molecule has 6 nitrogen and oxygen atoms in total. The quantitative estimate of drug-likeness (QED) is 0.923. The van der Waals surface area contributed by atoms with E-state index in [4.69, 9.17) is 0 Å². The normalized spacial score (nSPS) is 21.5. The molecule has 0 bridgehead atoms. The summed E-state index contributed by atoms with van der Waals surface area (Å²) in [4.78, 5) is 25.8. The lowest BCUT2D eigenvalue weighted by Crippen LogP contribution is -2.30. The molecule has 2 atom stereocenters. The summed E-state index contributed by atoms with van der Waals surface area (Å²) in [5.74, 6) is -1.81. The molecule has 0 saturated carbocycles. The number of carboxylic acids is 1. The van der Waals surface area contributed by atoms with Crippen molar-refractivity contribution in [2.75, 3.05) is 0 Å². The first-order valence-electron chi connectivity index (χ1n) is 7.86. The zero-order valence-corrected chi connectivity index (χ0v) is 14.8. The third kappa shape index (κ3) is 3.08. The molecule has 3 rings (SSSR count). The van der Waals surface area contributed by atoms with Gasteiger partial charge in [0.25, 0.3) is 0 Å². The summed E-state index contributed by atoms with van der Waals surface area (Å²) in [5.41, 5.74) is 1.60. The van der Waals surface area contributed by atoms with Crippen LogP contribution in [0.3, 0.4) is 0 Å². The third-order valence-electron chi connectivity index (χ3n) is 4.31. The minimum absolute atomic E-state index is 0.0326. The molecule has 2 aromatic rings. The Hall–Kier alpha value is -2.15. The molecule has 3 heterocycles. The Morgan fingerprint density at radius 1 is 1.46 bits per heavy atom. The number of nitrogens with zero attached hydrogens (tertiary/aromatic N) is 3. The zero-order valence-electron chi connectivity index (χ0n) is 14.0. The van der Waals surface area contributed by atoms with Crippen molar-refractivity contribution in [3.63, 3.8) is 0 Å². The van der Waals surface area contributed by atoms with Gasteiger partial charge in [0.1, 0.15) is 0 Å². The van der Waals surface area contributed by atoms with Gasteiger partial charge in [0.2, 0.25) is 5.91 Å². The summed E-state index contributed by atoms with van der Waals surface area (Å²) in [6.07, 6.45) is 3.58. The number of rotatable bonds is 4. The SMILES string of the molecule is CC(C)(C)n1cc([C@H]2[C@H](C(=O)O)CC(=O)N2Cc2ccsc2)cn1. The van der Waals surface area contributed by atoms with Crippen LogP contribution in [-0.4, -0.2) is 31.7 Å². The summed E-state index contributed by atoms with van der Waals surface area (Å²) < 4.78 is 1.81. The number of amides is 1. The van der Waals surface area contributed by atoms with Crippen LogP contribution in [0, 0.1) is 5.92 Å². The molecule has 1 aliphatic rings. The highest BCUT2D eigenvalue weighted by atomic mass is 32.1. The monoisotopic (exact) mass is 347 g/mol. The number of hydrogen-bond acceptors (Lipinski definition) is 4. The number of aliphatic carboxylic acids is 1. The van der Waals surface area contributed by atoms with Crippen molar-refractivity contribution in [1.82, 2.24) is 14.7 Å². The molecular formula is C17H21N3O3S. The molecule has 1 fully saturated rings.